The summed E-state index contributed by atoms with van der Waals surface area (Å²) in [6, 6.07) is 16.2. The predicted octanol–water partition coefficient (Wildman–Crippen LogP) is 4.01. The molecule has 0 atom stereocenters. The Kier molecular flexibility index (Phi) is 4.86. The Hall–Kier alpha value is -3.05. The minimum absolute atomic E-state index is 0.160. The molecule has 0 aliphatic rings. The monoisotopic (exact) mass is 337 g/mol. The number of methoxy groups -OCH3 is 1. The number of rotatable bonds is 5. The molecule has 25 heavy (non-hydrogen) atoms. The van der Waals surface area contributed by atoms with Gasteiger partial charge in [-0.2, -0.15) is 0 Å². The summed E-state index contributed by atoms with van der Waals surface area (Å²) in [5.74, 6) is 1.43. The zero-order valence-electron chi connectivity index (χ0n) is 14.1. The van der Waals surface area contributed by atoms with E-state index in [1.54, 1.807) is 43.5 Å². The predicted molar refractivity (Wildman–Crippen MR) is 95.8 cm³/mol. The molecule has 5 nitrogen and oxygen atoms in total. The maximum absolute atomic E-state index is 12.5. The average Bonchev–Trinajstić information content (AvgIpc) is 3.11. The number of aryl methyl sites for hydroxylation is 1. The number of amides is 1. The summed E-state index contributed by atoms with van der Waals surface area (Å²) < 4.78 is 10.9. The molecule has 3 rings (SSSR count). The van der Waals surface area contributed by atoms with Crippen molar-refractivity contribution >= 4 is 11.6 Å². The van der Waals surface area contributed by atoms with Gasteiger partial charge in [-0.3, -0.25) is 4.79 Å². The van der Waals surface area contributed by atoms with E-state index in [0.29, 0.717) is 28.5 Å². The molecule has 0 fully saturated rings. The third kappa shape index (κ3) is 3.72. The molecule has 128 valence electrons. The van der Waals surface area contributed by atoms with Crippen molar-refractivity contribution < 1.29 is 19.1 Å². The van der Waals surface area contributed by atoms with Crippen LogP contribution in [0.4, 0.5) is 5.69 Å². The van der Waals surface area contributed by atoms with Crippen LogP contribution in [0, 0.1) is 6.92 Å². The first-order chi connectivity index (χ1) is 12.1. The zero-order chi connectivity index (χ0) is 17.8. The number of carbonyl (C=O) groups is 1. The van der Waals surface area contributed by atoms with E-state index in [2.05, 4.69) is 5.32 Å². The van der Waals surface area contributed by atoms with E-state index in [1.165, 1.54) is 0 Å². The number of anilines is 1. The second-order valence-electron chi connectivity index (χ2n) is 5.66. The fourth-order valence-corrected chi connectivity index (χ4v) is 2.48. The number of aliphatic hydroxyl groups excluding tert-OH is 1. The van der Waals surface area contributed by atoms with Gasteiger partial charge in [0.05, 0.1) is 12.8 Å². The van der Waals surface area contributed by atoms with Crippen molar-refractivity contribution in [3.8, 4) is 17.1 Å². The van der Waals surface area contributed by atoms with Gasteiger partial charge in [0.2, 0.25) is 0 Å². The van der Waals surface area contributed by atoms with Crippen molar-refractivity contribution in [2.45, 2.75) is 13.5 Å². The lowest BCUT2D eigenvalue weighted by Gasteiger charge is -2.12. The molecule has 1 aromatic heterocycles. The molecule has 0 radical (unpaired) electrons. The zero-order valence-corrected chi connectivity index (χ0v) is 14.1. The summed E-state index contributed by atoms with van der Waals surface area (Å²) in [5.41, 5.74) is 2.99. The third-order valence-corrected chi connectivity index (χ3v) is 3.86. The number of hydrogen-bond acceptors (Lipinski definition) is 4. The highest BCUT2D eigenvalue weighted by molar-refractivity contribution is 6.05. The van der Waals surface area contributed by atoms with E-state index in [1.807, 2.05) is 25.1 Å². The van der Waals surface area contributed by atoms with E-state index in [4.69, 9.17) is 14.3 Å². The second-order valence-corrected chi connectivity index (χ2v) is 5.66. The number of hydrogen-bond donors (Lipinski definition) is 2. The van der Waals surface area contributed by atoms with Crippen molar-refractivity contribution in [3.05, 3.63) is 71.5 Å². The molecule has 0 aliphatic heterocycles. The molecule has 0 bridgehead atoms. The lowest BCUT2D eigenvalue weighted by Crippen LogP contribution is -2.12. The Balaban J connectivity index is 1.89. The first kappa shape index (κ1) is 16.8. The standard InChI is InChI=1S/C20H19NO4/c1-13-3-5-14(6-4-13)20(23)21-17-11-15(7-9-19(17)24-2)18-10-8-16(12-22)25-18/h3-11,22H,12H2,1-2H3,(H,21,23). The Bertz CT molecular complexity index is 881. The lowest BCUT2D eigenvalue weighted by molar-refractivity contribution is 0.102. The highest BCUT2D eigenvalue weighted by Gasteiger charge is 2.13. The summed E-state index contributed by atoms with van der Waals surface area (Å²) in [6.07, 6.45) is 0. The van der Waals surface area contributed by atoms with E-state index in [9.17, 15) is 4.79 Å². The van der Waals surface area contributed by atoms with Crippen LogP contribution >= 0.6 is 0 Å². The van der Waals surface area contributed by atoms with Gasteiger partial charge in [-0.1, -0.05) is 17.7 Å². The van der Waals surface area contributed by atoms with E-state index >= 15 is 0 Å². The SMILES string of the molecule is COc1ccc(-c2ccc(CO)o2)cc1NC(=O)c1ccc(C)cc1. The molecule has 0 unspecified atom stereocenters. The number of nitrogens with one attached hydrogen (secondary N) is 1. The molecule has 0 saturated heterocycles. The Morgan fingerprint density at radius 1 is 1.12 bits per heavy atom. The summed E-state index contributed by atoms with van der Waals surface area (Å²) in [5, 5.41) is 12.0. The topological polar surface area (TPSA) is 71.7 Å². The summed E-state index contributed by atoms with van der Waals surface area (Å²) in [4.78, 5) is 12.5. The average molecular weight is 337 g/mol. The Morgan fingerprint density at radius 2 is 1.88 bits per heavy atom. The molecule has 0 saturated carbocycles. The van der Waals surface area contributed by atoms with Crippen LogP contribution in [0.2, 0.25) is 0 Å². The number of carbonyl (C=O) groups excluding carboxylic acids is 1. The maximum Gasteiger partial charge on any atom is 0.255 e. The number of aliphatic hydroxyl groups is 1. The van der Waals surface area contributed by atoms with Crippen LogP contribution in [0.3, 0.4) is 0 Å². The molecular weight excluding hydrogens is 318 g/mol. The van der Waals surface area contributed by atoms with E-state index < -0.39 is 0 Å². The number of benzene rings is 2. The van der Waals surface area contributed by atoms with Gasteiger partial charge in [0, 0.05) is 11.1 Å². The molecule has 2 aromatic carbocycles. The first-order valence-electron chi connectivity index (χ1n) is 7.86. The van der Waals surface area contributed by atoms with Crippen molar-refractivity contribution in [2.75, 3.05) is 12.4 Å². The van der Waals surface area contributed by atoms with Crippen LogP contribution in [0.5, 0.6) is 5.75 Å². The van der Waals surface area contributed by atoms with Gasteiger partial charge in [-0.05, 0) is 49.4 Å². The van der Waals surface area contributed by atoms with Gasteiger partial charge in [0.1, 0.15) is 23.9 Å². The van der Waals surface area contributed by atoms with Gasteiger partial charge in [0.25, 0.3) is 5.91 Å². The molecule has 3 aromatic rings. The highest BCUT2D eigenvalue weighted by atomic mass is 16.5. The van der Waals surface area contributed by atoms with Crippen molar-refractivity contribution in [1.29, 1.82) is 0 Å². The van der Waals surface area contributed by atoms with E-state index in [-0.39, 0.29) is 12.5 Å². The lowest BCUT2D eigenvalue weighted by atomic mass is 10.1. The minimum atomic E-state index is -0.217. The minimum Gasteiger partial charge on any atom is -0.495 e. The quantitative estimate of drug-likeness (QED) is 0.738. The Morgan fingerprint density at radius 3 is 2.52 bits per heavy atom. The van der Waals surface area contributed by atoms with Crippen LogP contribution in [-0.2, 0) is 6.61 Å². The second kappa shape index (κ2) is 7.23. The van der Waals surface area contributed by atoms with Crippen molar-refractivity contribution in [1.82, 2.24) is 0 Å². The van der Waals surface area contributed by atoms with Crippen LogP contribution in [-0.4, -0.2) is 18.1 Å². The molecule has 0 spiro atoms. The Labute approximate surface area is 145 Å². The highest BCUT2D eigenvalue weighted by Crippen LogP contribution is 2.32. The fraction of sp³-hybridized carbons (Fsp3) is 0.150. The summed E-state index contributed by atoms with van der Waals surface area (Å²) in [6.45, 7) is 1.81. The third-order valence-electron chi connectivity index (χ3n) is 3.86. The van der Waals surface area contributed by atoms with Crippen LogP contribution in [0.25, 0.3) is 11.3 Å². The normalized spacial score (nSPS) is 10.5. The van der Waals surface area contributed by atoms with Crippen molar-refractivity contribution in [3.63, 3.8) is 0 Å². The summed E-state index contributed by atoms with van der Waals surface area (Å²) in [7, 11) is 1.55. The molecule has 1 amide bonds. The largest absolute Gasteiger partial charge is 0.495 e. The summed E-state index contributed by atoms with van der Waals surface area (Å²) >= 11 is 0. The smallest absolute Gasteiger partial charge is 0.255 e. The van der Waals surface area contributed by atoms with Crippen LogP contribution in [0.1, 0.15) is 21.7 Å². The van der Waals surface area contributed by atoms with Gasteiger partial charge in [-0.15, -0.1) is 0 Å². The molecule has 5 heteroatoms. The van der Waals surface area contributed by atoms with Gasteiger partial charge >= 0.3 is 0 Å². The van der Waals surface area contributed by atoms with Gasteiger partial charge < -0.3 is 19.6 Å². The molecule has 1 heterocycles. The fourth-order valence-electron chi connectivity index (χ4n) is 2.48. The van der Waals surface area contributed by atoms with Gasteiger partial charge in [-0.25, -0.2) is 0 Å². The van der Waals surface area contributed by atoms with Gasteiger partial charge in [0.15, 0.2) is 0 Å². The number of ether oxygens (including phenoxy) is 1. The van der Waals surface area contributed by atoms with Crippen molar-refractivity contribution in [2.24, 2.45) is 0 Å². The molecule has 0 aliphatic carbocycles. The number of furan rings is 1. The maximum atomic E-state index is 12.5. The van der Waals surface area contributed by atoms with E-state index in [0.717, 1.165) is 11.1 Å². The molecule has 2 N–H and O–H groups in total. The molecular formula is C20H19NO4. The first-order valence-corrected chi connectivity index (χ1v) is 7.86. The van der Waals surface area contributed by atoms with Crippen LogP contribution in [0.15, 0.2) is 59.0 Å². The van der Waals surface area contributed by atoms with Crippen LogP contribution < -0.4 is 10.1 Å².